The molecule has 0 aliphatic carbocycles. The van der Waals surface area contributed by atoms with Crippen molar-refractivity contribution in [3.63, 3.8) is 0 Å². The van der Waals surface area contributed by atoms with Crippen molar-refractivity contribution in [1.82, 2.24) is 5.32 Å². The summed E-state index contributed by atoms with van der Waals surface area (Å²) in [5, 5.41) is 3.09. The lowest BCUT2D eigenvalue weighted by Gasteiger charge is -2.24. The summed E-state index contributed by atoms with van der Waals surface area (Å²) >= 11 is 0. The molecule has 0 spiro atoms. The Morgan fingerprint density at radius 3 is 2.40 bits per heavy atom. The van der Waals surface area contributed by atoms with Crippen molar-refractivity contribution >= 4 is 8.56 Å². The highest BCUT2D eigenvalue weighted by molar-refractivity contribution is 6.67. The van der Waals surface area contributed by atoms with Crippen molar-refractivity contribution < 1.29 is 8.85 Å². The normalized spacial score (nSPS) is 12.7. The van der Waals surface area contributed by atoms with E-state index >= 15 is 0 Å². The molecule has 88 valence electrons. The molecular weight excluding hydrogens is 208 g/mol. The minimum absolute atomic E-state index is 0.744. The van der Waals surface area contributed by atoms with Crippen LogP contribution in [-0.4, -0.2) is 29.3 Å². The molecule has 0 unspecified atom stereocenters. The van der Waals surface area contributed by atoms with Gasteiger partial charge in [-0.25, -0.2) is 0 Å². The molecule has 0 radical (unpaired) electrons. The first-order valence-electron chi connectivity index (χ1n) is 5.10. The Labute approximate surface area is 93.4 Å². The van der Waals surface area contributed by atoms with Crippen LogP contribution < -0.4 is 11.1 Å². The fourth-order valence-electron chi connectivity index (χ4n) is 1.21. The van der Waals surface area contributed by atoms with Crippen molar-refractivity contribution in [2.24, 2.45) is 5.73 Å². The number of rotatable bonds is 8. The summed E-state index contributed by atoms with van der Waals surface area (Å²) in [7, 11) is 1.48. The summed E-state index contributed by atoms with van der Waals surface area (Å²) in [5.74, 6) is 0. The third-order valence-corrected chi connectivity index (χ3v) is 5.74. The Hall–Kier alpha value is -0.783. The van der Waals surface area contributed by atoms with Gasteiger partial charge in [0.25, 0.3) is 0 Å². The molecule has 0 aromatic carbocycles. The minimum Gasteiger partial charge on any atom is -0.405 e. The molecular formula is C10H22N2O2Si. The van der Waals surface area contributed by atoms with E-state index in [1.165, 1.54) is 6.20 Å². The molecule has 0 aliphatic rings. The van der Waals surface area contributed by atoms with Crippen molar-refractivity contribution in [1.29, 1.82) is 0 Å². The lowest BCUT2D eigenvalue weighted by atomic mass is 10.6. The molecule has 0 rings (SSSR count). The third-order valence-electron chi connectivity index (χ3n) is 2.32. The second kappa shape index (κ2) is 8.52. The predicted molar refractivity (Wildman–Crippen MR) is 65.5 cm³/mol. The summed E-state index contributed by atoms with van der Waals surface area (Å²) in [6.07, 6.45) is 7.33. The zero-order chi connectivity index (χ0) is 11.6. The monoisotopic (exact) mass is 230 g/mol. The van der Waals surface area contributed by atoms with Crippen LogP contribution in [0.4, 0.5) is 0 Å². The molecule has 0 saturated carbocycles. The van der Waals surface area contributed by atoms with Gasteiger partial charge in [-0.1, -0.05) is 13.0 Å². The zero-order valence-corrected chi connectivity index (χ0v) is 10.8. The van der Waals surface area contributed by atoms with Crippen LogP contribution in [0.15, 0.2) is 24.6 Å². The van der Waals surface area contributed by atoms with Crippen LogP contribution in [0.3, 0.4) is 0 Å². The Kier molecular flexibility index (Phi) is 8.07. The number of hydrogen-bond donors (Lipinski definition) is 2. The molecule has 0 aromatic rings. The van der Waals surface area contributed by atoms with E-state index in [0.29, 0.717) is 0 Å². The number of hydrogen-bond acceptors (Lipinski definition) is 4. The molecule has 15 heavy (non-hydrogen) atoms. The molecule has 0 aliphatic heterocycles. The summed E-state index contributed by atoms with van der Waals surface area (Å²) in [5.41, 5.74) is 5.20. The second-order valence-corrected chi connectivity index (χ2v) is 6.87. The van der Waals surface area contributed by atoms with E-state index in [-0.39, 0.29) is 0 Å². The van der Waals surface area contributed by atoms with Crippen LogP contribution in [0.2, 0.25) is 12.1 Å². The van der Waals surface area contributed by atoms with E-state index in [1.807, 2.05) is 18.4 Å². The van der Waals surface area contributed by atoms with Crippen LogP contribution >= 0.6 is 0 Å². The van der Waals surface area contributed by atoms with Crippen LogP contribution in [0.25, 0.3) is 0 Å². The summed E-state index contributed by atoms with van der Waals surface area (Å²) in [6, 6.07) is 1.81. The highest BCUT2D eigenvalue weighted by Gasteiger charge is 2.31. The molecule has 0 aromatic heterocycles. The molecule has 0 amide bonds. The average Bonchev–Trinajstić information content (AvgIpc) is 2.29. The first-order chi connectivity index (χ1) is 7.24. The largest absolute Gasteiger partial charge is 0.405 e. The van der Waals surface area contributed by atoms with Crippen LogP contribution in [0.1, 0.15) is 6.92 Å². The second-order valence-electron chi connectivity index (χ2n) is 3.12. The fourth-order valence-corrected chi connectivity index (χ4v) is 3.05. The van der Waals surface area contributed by atoms with Gasteiger partial charge in [0.1, 0.15) is 0 Å². The van der Waals surface area contributed by atoms with Gasteiger partial charge in [0.15, 0.2) is 0 Å². The Balaban J connectivity index is 3.88. The fraction of sp³-hybridized carbons (Fsp3) is 0.600. The summed E-state index contributed by atoms with van der Waals surface area (Å²) < 4.78 is 10.9. The number of nitrogens with one attached hydrogen (secondary N) is 1. The molecule has 0 heterocycles. The lowest BCUT2D eigenvalue weighted by Crippen LogP contribution is -2.38. The smallest absolute Gasteiger partial charge is 0.341 e. The van der Waals surface area contributed by atoms with Gasteiger partial charge < -0.3 is 19.9 Å². The average molecular weight is 230 g/mol. The van der Waals surface area contributed by atoms with Gasteiger partial charge >= 0.3 is 8.56 Å². The highest BCUT2D eigenvalue weighted by Crippen LogP contribution is 2.16. The van der Waals surface area contributed by atoms with Gasteiger partial charge in [0.05, 0.1) is 0 Å². The van der Waals surface area contributed by atoms with Crippen molar-refractivity contribution in [2.75, 3.05) is 20.8 Å². The molecule has 0 bridgehead atoms. The molecule has 4 nitrogen and oxygen atoms in total. The minimum atomic E-state index is -1.96. The van der Waals surface area contributed by atoms with E-state index in [9.17, 15) is 0 Å². The highest BCUT2D eigenvalue weighted by atomic mass is 28.4. The van der Waals surface area contributed by atoms with Crippen LogP contribution in [-0.2, 0) is 8.85 Å². The SMILES string of the molecule is CC[Si](CC=CNCC=CN)(OC)OC. The maximum Gasteiger partial charge on any atom is 0.341 e. The quantitative estimate of drug-likeness (QED) is 0.488. The van der Waals surface area contributed by atoms with E-state index in [2.05, 4.69) is 12.2 Å². The first kappa shape index (κ1) is 14.2. The van der Waals surface area contributed by atoms with E-state index in [1.54, 1.807) is 14.2 Å². The van der Waals surface area contributed by atoms with Gasteiger partial charge in [0.2, 0.25) is 0 Å². The maximum atomic E-state index is 5.47. The third kappa shape index (κ3) is 5.61. The van der Waals surface area contributed by atoms with Gasteiger partial charge in [-0.15, -0.1) is 0 Å². The van der Waals surface area contributed by atoms with Crippen LogP contribution in [0, 0.1) is 0 Å². The summed E-state index contributed by atoms with van der Waals surface area (Å²) in [6.45, 7) is 2.84. The van der Waals surface area contributed by atoms with E-state index in [0.717, 1.165) is 18.6 Å². The van der Waals surface area contributed by atoms with Gasteiger partial charge in [-0.2, -0.15) is 0 Å². The topological polar surface area (TPSA) is 56.5 Å². The van der Waals surface area contributed by atoms with Gasteiger partial charge in [-0.05, 0) is 24.5 Å². The Bertz CT molecular complexity index is 195. The van der Waals surface area contributed by atoms with Crippen molar-refractivity contribution in [3.8, 4) is 0 Å². The van der Waals surface area contributed by atoms with E-state index in [4.69, 9.17) is 14.6 Å². The number of nitrogens with two attached hydrogens (primary N) is 1. The lowest BCUT2D eigenvalue weighted by molar-refractivity contribution is 0.246. The number of allylic oxidation sites excluding steroid dienone is 1. The molecule has 5 heteroatoms. The maximum absolute atomic E-state index is 5.47. The Morgan fingerprint density at radius 2 is 1.93 bits per heavy atom. The van der Waals surface area contributed by atoms with Gasteiger partial charge in [-0.3, -0.25) is 0 Å². The first-order valence-corrected chi connectivity index (χ1v) is 7.33. The zero-order valence-electron chi connectivity index (χ0n) is 9.82. The molecule has 0 fully saturated rings. The Morgan fingerprint density at radius 1 is 1.27 bits per heavy atom. The molecule has 0 saturated heterocycles. The predicted octanol–water partition coefficient (Wildman–Crippen LogP) is 1.32. The van der Waals surface area contributed by atoms with Crippen molar-refractivity contribution in [2.45, 2.75) is 19.0 Å². The molecule has 0 atom stereocenters. The van der Waals surface area contributed by atoms with Crippen molar-refractivity contribution in [3.05, 3.63) is 24.6 Å². The molecule has 3 N–H and O–H groups in total. The van der Waals surface area contributed by atoms with E-state index < -0.39 is 8.56 Å². The van der Waals surface area contributed by atoms with Gasteiger partial charge in [0, 0.05) is 26.8 Å². The van der Waals surface area contributed by atoms with Crippen LogP contribution in [0.5, 0.6) is 0 Å². The standard InChI is InChI=1S/C10H22N2O2Si/c1-4-15(13-2,14-3)10-6-9-12-8-5-7-11/h5-7,9,12H,4,8,10-11H2,1-3H3. The summed E-state index contributed by atoms with van der Waals surface area (Å²) in [4.78, 5) is 0.